The van der Waals surface area contributed by atoms with Crippen molar-refractivity contribution in [3.05, 3.63) is 63.7 Å². The number of nitro benzene ring substituents is 1. The molecule has 2 aromatic carbocycles. The molecule has 5 nitrogen and oxygen atoms in total. The second-order valence-corrected chi connectivity index (χ2v) is 6.94. The van der Waals surface area contributed by atoms with E-state index in [1.165, 1.54) is 12.1 Å². The van der Waals surface area contributed by atoms with E-state index in [9.17, 15) is 36.5 Å². The molecule has 0 saturated carbocycles. The summed E-state index contributed by atoms with van der Waals surface area (Å²) in [4.78, 5) is 12.2. The largest absolute Gasteiger partial charge is 0.416 e. The van der Waals surface area contributed by atoms with Crippen LogP contribution in [-0.2, 0) is 12.4 Å². The van der Waals surface area contributed by atoms with E-state index in [1.807, 2.05) is 4.90 Å². The van der Waals surface area contributed by atoms with Crippen LogP contribution >= 0.6 is 0 Å². The molecule has 162 valence electrons. The maximum Gasteiger partial charge on any atom is 0.416 e. The van der Waals surface area contributed by atoms with Gasteiger partial charge in [-0.1, -0.05) is 0 Å². The van der Waals surface area contributed by atoms with Gasteiger partial charge in [0.15, 0.2) is 0 Å². The molecule has 1 aliphatic heterocycles. The predicted molar refractivity (Wildman–Crippen MR) is 98.4 cm³/mol. The summed E-state index contributed by atoms with van der Waals surface area (Å²) in [6.07, 6.45) is -8.07. The Morgan fingerprint density at radius 3 is 1.93 bits per heavy atom. The van der Waals surface area contributed by atoms with Crippen LogP contribution in [0.15, 0.2) is 42.5 Å². The Morgan fingerprint density at radius 1 is 0.900 bits per heavy atom. The first-order valence-corrected chi connectivity index (χ1v) is 8.99. The van der Waals surface area contributed by atoms with Crippen molar-refractivity contribution in [3.8, 4) is 0 Å². The van der Waals surface area contributed by atoms with Crippen molar-refractivity contribution in [1.82, 2.24) is 0 Å². The minimum absolute atomic E-state index is 0.000908. The van der Waals surface area contributed by atoms with E-state index in [0.29, 0.717) is 37.7 Å². The molecule has 0 amide bonds. The average Bonchev–Trinajstić information content (AvgIpc) is 2.67. The normalized spacial score (nSPS) is 15.9. The summed E-state index contributed by atoms with van der Waals surface area (Å²) in [7, 11) is 0. The number of benzene rings is 2. The van der Waals surface area contributed by atoms with Gasteiger partial charge in [0, 0.05) is 30.9 Å². The van der Waals surface area contributed by atoms with Crippen LogP contribution in [0.3, 0.4) is 0 Å². The lowest BCUT2D eigenvalue weighted by Gasteiger charge is -2.34. The third-order valence-corrected chi connectivity index (χ3v) is 4.94. The lowest BCUT2D eigenvalue weighted by atomic mass is 10.0. The van der Waals surface area contributed by atoms with Crippen LogP contribution in [0, 0.1) is 10.1 Å². The molecule has 3 rings (SSSR count). The number of piperidine rings is 1. The van der Waals surface area contributed by atoms with E-state index >= 15 is 0 Å². The summed E-state index contributed by atoms with van der Waals surface area (Å²) in [6, 6.07) is 6.90. The van der Waals surface area contributed by atoms with Gasteiger partial charge in [-0.05, 0) is 49.2 Å². The van der Waals surface area contributed by atoms with Gasteiger partial charge in [-0.3, -0.25) is 10.1 Å². The highest BCUT2D eigenvalue weighted by atomic mass is 19.4. The summed E-state index contributed by atoms with van der Waals surface area (Å²) < 4.78 is 76.4. The van der Waals surface area contributed by atoms with Crippen LogP contribution in [0.2, 0.25) is 0 Å². The highest BCUT2D eigenvalue weighted by Crippen LogP contribution is 2.36. The van der Waals surface area contributed by atoms with Gasteiger partial charge in [-0.2, -0.15) is 26.3 Å². The standard InChI is InChI=1S/C19H17F6N3O2/c20-18(21,22)12-1-4-15(5-2-12)27-9-7-14(8-10-27)26-16-6-3-13(19(23,24)25)11-17(16)28(29)30/h1-6,11,14,26H,7-10H2. The van der Waals surface area contributed by atoms with Gasteiger partial charge in [-0.15, -0.1) is 0 Å². The first-order chi connectivity index (χ1) is 13.9. The molecule has 1 heterocycles. The highest BCUT2D eigenvalue weighted by molar-refractivity contribution is 5.63. The van der Waals surface area contributed by atoms with Crippen LogP contribution in [0.25, 0.3) is 0 Å². The molecule has 0 atom stereocenters. The Kier molecular flexibility index (Phi) is 5.82. The number of nitro groups is 1. The van der Waals surface area contributed by atoms with Crippen LogP contribution < -0.4 is 10.2 Å². The lowest BCUT2D eigenvalue weighted by molar-refractivity contribution is -0.384. The maximum atomic E-state index is 12.8. The number of hydrogen-bond donors (Lipinski definition) is 1. The van der Waals surface area contributed by atoms with Crippen molar-refractivity contribution < 1.29 is 31.3 Å². The number of nitrogens with zero attached hydrogens (tertiary/aromatic N) is 2. The fourth-order valence-corrected chi connectivity index (χ4v) is 3.34. The first-order valence-electron chi connectivity index (χ1n) is 8.99. The molecule has 1 saturated heterocycles. The van der Waals surface area contributed by atoms with Gasteiger partial charge >= 0.3 is 12.4 Å². The summed E-state index contributed by atoms with van der Waals surface area (Å²) in [5.74, 6) is 0. The summed E-state index contributed by atoms with van der Waals surface area (Å²) in [6.45, 7) is 0.967. The van der Waals surface area contributed by atoms with E-state index in [-0.39, 0.29) is 11.7 Å². The summed E-state index contributed by atoms with van der Waals surface area (Å²) in [5, 5.41) is 14.1. The van der Waals surface area contributed by atoms with Gasteiger partial charge < -0.3 is 10.2 Å². The van der Waals surface area contributed by atoms with Crippen LogP contribution in [0.5, 0.6) is 0 Å². The van der Waals surface area contributed by atoms with E-state index in [0.717, 1.165) is 24.3 Å². The van der Waals surface area contributed by atoms with E-state index < -0.39 is 34.1 Å². The van der Waals surface area contributed by atoms with Gasteiger partial charge in [0.05, 0.1) is 16.1 Å². The van der Waals surface area contributed by atoms with E-state index in [1.54, 1.807) is 0 Å². The van der Waals surface area contributed by atoms with Crippen molar-refractivity contribution in [1.29, 1.82) is 0 Å². The summed E-state index contributed by atoms with van der Waals surface area (Å²) in [5.41, 5.74) is -1.87. The quantitative estimate of drug-likeness (QED) is 0.381. The number of nitrogens with one attached hydrogen (secondary N) is 1. The van der Waals surface area contributed by atoms with Crippen LogP contribution in [0.4, 0.5) is 43.4 Å². The Balaban J connectivity index is 1.65. The van der Waals surface area contributed by atoms with E-state index in [4.69, 9.17) is 0 Å². The third kappa shape index (κ3) is 4.95. The molecule has 0 radical (unpaired) electrons. The van der Waals surface area contributed by atoms with Crippen molar-refractivity contribution >= 4 is 17.1 Å². The minimum atomic E-state index is -4.68. The SMILES string of the molecule is O=[N+]([O-])c1cc(C(F)(F)F)ccc1NC1CCN(c2ccc(C(F)(F)F)cc2)CC1. The van der Waals surface area contributed by atoms with Gasteiger partial charge in [0.1, 0.15) is 5.69 Å². The molecule has 1 N–H and O–H groups in total. The number of halogens is 6. The Labute approximate surface area is 167 Å². The molecule has 0 unspecified atom stereocenters. The molecule has 1 aliphatic rings. The van der Waals surface area contributed by atoms with Gasteiger partial charge in [0.2, 0.25) is 0 Å². The lowest BCUT2D eigenvalue weighted by Crippen LogP contribution is -2.39. The van der Waals surface area contributed by atoms with Gasteiger partial charge in [-0.25, -0.2) is 0 Å². The molecule has 0 aliphatic carbocycles. The zero-order chi connectivity index (χ0) is 22.1. The van der Waals surface area contributed by atoms with Crippen molar-refractivity contribution in [2.75, 3.05) is 23.3 Å². The fourth-order valence-electron chi connectivity index (χ4n) is 3.34. The van der Waals surface area contributed by atoms with Crippen LogP contribution in [-0.4, -0.2) is 24.1 Å². The average molecular weight is 433 g/mol. The number of hydrogen-bond acceptors (Lipinski definition) is 4. The molecule has 1 fully saturated rings. The summed E-state index contributed by atoms with van der Waals surface area (Å²) >= 11 is 0. The Morgan fingerprint density at radius 2 is 1.43 bits per heavy atom. The predicted octanol–water partition coefficient (Wildman–Crippen LogP) is 5.71. The molecule has 2 aromatic rings. The second-order valence-electron chi connectivity index (χ2n) is 6.94. The topological polar surface area (TPSA) is 58.4 Å². The maximum absolute atomic E-state index is 12.8. The zero-order valence-electron chi connectivity index (χ0n) is 15.4. The Bertz CT molecular complexity index is 904. The van der Waals surface area contributed by atoms with Crippen molar-refractivity contribution in [2.24, 2.45) is 0 Å². The van der Waals surface area contributed by atoms with Crippen molar-refractivity contribution in [3.63, 3.8) is 0 Å². The molecule has 0 aromatic heterocycles. The molecule has 0 bridgehead atoms. The molecule has 30 heavy (non-hydrogen) atoms. The Hall–Kier alpha value is -2.98. The van der Waals surface area contributed by atoms with Crippen LogP contribution in [0.1, 0.15) is 24.0 Å². The molecule has 11 heteroatoms. The van der Waals surface area contributed by atoms with E-state index in [2.05, 4.69) is 5.32 Å². The van der Waals surface area contributed by atoms with Crippen molar-refractivity contribution in [2.45, 2.75) is 31.2 Å². The smallest absolute Gasteiger partial charge is 0.377 e. The fraction of sp³-hybridized carbons (Fsp3) is 0.368. The minimum Gasteiger partial charge on any atom is -0.377 e. The second kappa shape index (κ2) is 8.04. The third-order valence-electron chi connectivity index (χ3n) is 4.94. The molecular formula is C19H17F6N3O2. The molecular weight excluding hydrogens is 416 g/mol. The monoisotopic (exact) mass is 433 g/mol. The number of alkyl halides is 6. The molecule has 0 spiro atoms. The number of anilines is 2. The number of rotatable bonds is 4. The van der Waals surface area contributed by atoms with Gasteiger partial charge in [0.25, 0.3) is 5.69 Å². The highest BCUT2D eigenvalue weighted by Gasteiger charge is 2.34. The zero-order valence-corrected chi connectivity index (χ0v) is 15.4. The first kappa shape index (κ1) is 21.7.